The summed E-state index contributed by atoms with van der Waals surface area (Å²) >= 11 is 3.54. The second kappa shape index (κ2) is 7.95. The summed E-state index contributed by atoms with van der Waals surface area (Å²) in [6.07, 6.45) is 1.77. The van der Waals surface area contributed by atoms with Gasteiger partial charge in [-0.1, -0.05) is 44.2 Å². The summed E-state index contributed by atoms with van der Waals surface area (Å²) in [4.78, 5) is 4.46. The van der Waals surface area contributed by atoms with Gasteiger partial charge in [0.25, 0.3) is 0 Å². The van der Waals surface area contributed by atoms with E-state index in [-0.39, 0.29) is 0 Å². The van der Waals surface area contributed by atoms with Crippen LogP contribution in [0, 0.1) is 6.92 Å². The van der Waals surface area contributed by atoms with Gasteiger partial charge in [0.05, 0.1) is 11.7 Å². The summed E-state index contributed by atoms with van der Waals surface area (Å²) in [5, 5.41) is 1.09. The van der Waals surface area contributed by atoms with Crippen LogP contribution in [0.3, 0.4) is 0 Å². The molecule has 22 heavy (non-hydrogen) atoms. The Morgan fingerprint density at radius 1 is 1.05 bits per heavy atom. The number of ether oxygens (including phenoxy) is 1. The standard InChI is InChI=1S/C17H14BrNO.C2H6/c1-12-7-14-9-15(10-19-17(14)16(18)8-12)20-11-13-5-3-2-4-6-13;1-2/h2-10H,11H2,1H3;1-2H3. The Hall–Kier alpha value is -1.87. The molecule has 0 unspecified atom stereocenters. The van der Waals surface area contributed by atoms with Gasteiger partial charge in [0.2, 0.25) is 0 Å². The van der Waals surface area contributed by atoms with Crippen LogP contribution < -0.4 is 4.74 Å². The molecule has 0 spiro atoms. The van der Waals surface area contributed by atoms with Crippen molar-refractivity contribution in [1.82, 2.24) is 4.98 Å². The number of nitrogens with zero attached hydrogens (tertiary/aromatic N) is 1. The largest absolute Gasteiger partial charge is 0.487 e. The molecule has 1 aromatic heterocycles. The van der Waals surface area contributed by atoms with E-state index in [1.807, 2.05) is 38.1 Å². The van der Waals surface area contributed by atoms with Gasteiger partial charge < -0.3 is 4.74 Å². The molecule has 3 heteroatoms. The Bertz CT molecular complexity index is 741. The number of aromatic nitrogens is 1. The molecule has 1 heterocycles. The summed E-state index contributed by atoms with van der Waals surface area (Å²) in [7, 11) is 0. The molecule has 0 radical (unpaired) electrons. The van der Waals surface area contributed by atoms with Gasteiger partial charge in [0, 0.05) is 9.86 Å². The lowest BCUT2D eigenvalue weighted by atomic mass is 10.1. The zero-order valence-corrected chi connectivity index (χ0v) is 14.7. The number of hydrogen-bond donors (Lipinski definition) is 0. The van der Waals surface area contributed by atoms with Crippen molar-refractivity contribution in [3.63, 3.8) is 0 Å². The number of pyridine rings is 1. The molecule has 0 N–H and O–H groups in total. The smallest absolute Gasteiger partial charge is 0.138 e. The van der Waals surface area contributed by atoms with Crippen molar-refractivity contribution < 1.29 is 4.74 Å². The maximum absolute atomic E-state index is 5.80. The van der Waals surface area contributed by atoms with Crippen LogP contribution in [0.1, 0.15) is 25.0 Å². The van der Waals surface area contributed by atoms with Gasteiger partial charge in [-0.15, -0.1) is 0 Å². The number of aryl methyl sites for hydroxylation is 1. The van der Waals surface area contributed by atoms with Crippen LogP contribution in [0.15, 0.2) is 59.2 Å². The van der Waals surface area contributed by atoms with Crippen LogP contribution in [0.4, 0.5) is 0 Å². The Morgan fingerprint density at radius 2 is 1.77 bits per heavy atom. The summed E-state index contributed by atoms with van der Waals surface area (Å²) in [5.74, 6) is 0.791. The van der Waals surface area contributed by atoms with E-state index in [2.05, 4.69) is 52.1 Å². The Labute approximate surface area is 140 Å². The molecule has 0 fully saturated rings. The lowest BCUT2D eigenvalue weighted by molar-refractivity contribution is 0.305. The Balaban J connectivity index is 0.000000847. The number of benzene rings is 2. The molecule has 0 saturated heterocycles. The minimum atomic E-state index is 0.557. The van der Waals surface area contributed by atoms with Gasteiger partial charge in [-0.25, -0.2) is 0 Å². The highest BCUT2D eigenvalue weighted by Crippen LogP contribution is 2.26. The van der Waals surface area contributed by atoms with Crippen molar-refractivity contribution in [3.05, 3.63) is 70.3 Å². The van der Waals surface area contributed by atoms with Gasteiger partial charge in [-0.05, 0) is 52.2 Å². The minimum absolute atomic E-state index is 0.557. The zero-order chi connectivity index (χ0) is 15.9. The normalized spacial score (nSPS) is 10.0. The van der Waals surface area contributed by atoms with Crippen molar-refractivity contribution in [1.29, 1.82) is 0 Å². The van der Waals surface area contributed by atoms with Crippen LogP contribution in [0.2, 0.25) is 0 Å². The molecular formula is C19H20BrNO. The molecule has 114 valence electrons. The first-order valence-corrected chi connectivity index (χ1v) is 8.24. The lowest BCUT2D eigenvalue weighted by Crippen LogP contribution is -1.95. The average Bonchev–Trinajstić information content (AvgIpc) is 2.55. The van der Waals surface area contributed by atoms with Crippen molar-refractivity contribution in [2.45, 2.75) is 27.4 Å². The Morgan fingerprint density at radius 3 is 2.50 bits per heavy atom. The van der Waals surface area contributed by atoms with Crippen LogP contribution in [-0.2, 0) is 6.61 Å². The molecule has 0 aliphatic heterocycles. The third-order valence-electron chi connectivity index (χ3n) is 3.10. The van der Waals surface area contributed by atoms with E-state index < -0.39 is 0 Å². The molecule has 3 rings (SSSR count). The van der Waals surface area contributed by atoms with Gasteiger partial charge in [-0.3, -0.25) is 4.98 Å². The number of halogens is 1. The third kappa shape index (κ3) is 4.08. The molecule has 0 saturated carbocycles. The topological polar surface area (TPSA) is 22.1 Å². The fourth-order valence-electron chi connectivity index (χ4n) is 2.15. The monoisotopic (exact) mass is 357 g/mol. The third-order valence-corrected chi connectivity index (χ3v) is 3.71. The van der Waals surface area contributed by atoms with Crippen LogP contribution in [0.5, 0.6) is 5.75 Å². The van der Waals surface area contributed by atoms with Crippen LogP contribution in [0.25, 0.3) is 10.9 Å². The summed E-state index contributed by atoms with van der Waals surface area (Å²) in [5.41, 5.74) is 3.31. The summed E-state index contributed by atoms with van der Waals surface area (Å²) < 4.78 is 6.82. The predicted octanol–water partition coefficient (Wildman–Crippen LogP) is 5.91. The van der Waals surface area contributed by atoms with E-state index in [9.17, 15) is 0 Å². The van der Waals surface area contributed by atoms with Crippen molar-refractivity contribution in [3.8, 4) is 5.75 Å². The van der Waals surface area contributed by atoms with E-state index in [4.69, 9.17) is 4.74 Å². The van der Waals surface area contributed by atoms with Gasteiger partial charge in [-0.2, -0.15) is 0 Å². The summed E-state index contributed by atoms with van der Waals surface area (Å²) in [6.45, 7) is 6.63. The second-order valence-corrected chi connectivity index (χ2v) is 5.62. The van der Waals surface area contributed by atoms with E-state index in [1.54, 1.807) is 6.20 Å². The lowest BCUT2D eigenvalue weighted by Gasteiger charge is -2.08. The van der Waals surface area contributed by atoms with Gasteiger partial charge >= 0.3 is 0 Å². The highest BCUT2D eigenvalue weighted by atomic mass is 79.9. The number of rotatable bonds is 3. The number of fused-ring (bicyclic) bond motifs is 1. The Kier molecular flexibility index (Phi) is 5.96. The van der Waals surface area contributed by atoms with Crippen molar-refractivity contribution >= 4 is 26.8 Å². The molecule has 0 atom stereocenters. The fourth-order valence-corrected chi connectivity index (χ4v) is 2.84. The molecular weight excluding hydrogens is 338 g/mol. The molecule has 0 bridgehead atoms. The van der Waals surface area contributed by atoms with E-state index in [0.717, 1.165) is 26.7 Å². The first-order chi connectivity index (χ1) is 10.7. The zero-order valence-electron chi connectivity index (χ0n) is 13.1. The number of hydrogen-bond acceptors (Lipinski definition) is 2. The molecule has 2 aromatic carbocycles. The minimum Gasteiger partial charge on any atom is -0.487 e. The highest BCUT2D eigenvalue weighted by molar-refractivity contribution is 9.10. The quantitative estimate of drug-likeness (QED) is 0.581. The van der Waals surface area contributed by atoms with E-state index >= 15 is 0 Å². The fraction of sp³-hybridized carbons (Fsp3) is 0.211. The highest BCUT2D eigenvalue weighted by Gasteiger charge is 2.04. The second-order valence-electron chi connectivity index (χ2n) is 4.76. The first kappa shape index (κ1) is 16.5. The maximum Gasteiger partial charge on any atom is 0.138 e. The van der Waals surface area contributed by atoms with E-state index in [0.29, 0.717) is 6.61 Å². The average molecular weight is 358 g/mol. The molecule has 2 nitrogen and oxygen atoms in total. The van der Waals surface area contributed by atoms with Crippen molar-refractivity contribution in [2.75, 3.05) is 0 Å². The first-order valence-electron chi connectivity index (χ1n) is 7.45. The SMILES string of the molecule is CC.Cc1cc(Br)c2ncc(OCc3ccccc3)cc2c1. The van der Waals surface area contributed by atoms with Gasteiger partial charge in [0.15, 0.2) is 0 Å². The van der Waals surface area contributed by atoms with Crippen LogP contribution >= 0.6 is 15.9 Å². The maximum atomic E-state index is 5.80. The predicted molar refractivity (Wildman–Crippen MR) is 96.3 cm³/mol. The van der Waals surface area contributed by atoms with Crippen LogP contribution in [-0.4, -0.2) is 4.98 Å². The molecule has 0 aliphatic carbocycles. The van der Waals surface area contributed by atoms with Gasteiger partial charge in [0.1, 0.15) is 12.4 Å². The van der Waals surface area contributed by atoms with E-state index in [1.165, 1.54) is 5.56 Å². The molecule has 0 aliphatic rings. The molecule has 3 aromatic rings. The molecule has 0 amide bonds. The van der Waals surface area contributed by atoms with Crippen molar-refractivity contribution in [2.24, 2.45) is 0 Å². The summed E-state index contributed by atoms with van der Waals surface area (Å²) in [6, 6.07) is 16.3.